The third-order valence-electron chi connectivity index (χ3n) is 6.95. The maximum absolute atomic E-state index is 11.3. The summed E-state index contributed by atoms with van der Waals surface area (Å²) in [4.78, 5) is 21.5. The van der Waals surface area contributed by atoms with Crippen molar-refractivity contribution in [3.8, 4) is 0 Å². The monoisotopic (exact) mass is 568 g/mol. The molecule has 4 fully saturated rings. The molecule has 0 aromatic rings. The van der Waals surface area contributed by atoms with E-state index in [2.05, 4.69) is 6.92 Å². The molecule has 3 nitrogen and oxygen atoms in total. The van der Waals surface area contributed by atoms with E-state index in [-0.39, 0.29) is 81.0 Å². The van der Waals surface area contributed by atoms with E-state index in [1.165, 1.54) is 96.3 Å². The van der Waals surface area contributed by atoms with Crippen LogP contribution in [-0.4, -0.2) is 16.9 Å². The van der Waals surface area contributed by atoms with Gasteiger partial charge in [0.2, 0.25) is 0 Å². The van der Waals surface area contributed by atoms with Crippen molar-refractivity contribution in [3.05, 3.63) is 0 Å². The predicted molar refractivity (Wildman–Crippen MR) is 142 cm³/mol. The summed E-state index contributed by atoms with van der Waals surface area (Å²) in [5, 5.41) is 8.35. The molecule has 1 N–H and O–H groups in total. The minimum absolute atomic E-state index is 0. The fraction of sp³-hybridized carbons (Fsp3) is 0.931. The second-order valence-corrected chi connectivity index (χ2v) is 9.44. The number of Topliss-reactive ketones (excluding diaryl/α,β-unsaturated/α-hetero) is 1. The zero-order chi connectivity index (χ0) is 21.2. The summed E-state index contributed by atoms with van der Waals surface area (Å²) in [6.07, 6.45) is 26.9. The van der Waals surface area contributed by atoms with E-state index in [9.17, 15) is 9.59 Å². The van der Waals surface area contributed by atoms with Crippen LogP contribution in [0.1, 0.15) is 164 Å². The zero-order valence-electron chi connectivity index (χ0n) is 20.0. The minimum atomic E-state index is -0.874. The van der Waals surface area contributed by atoms with Crippen molar-refractivity contribution in [3.63, 3.8) is 0 Å². The molecule has 0 spiro atoms. The molecule has 0 aromatic carbocycles. The first-order chi connectivity index (χ1) is 14.1. The van der Waals surface area contributed by atoms with E-state index < -0.39 is 5.97 Å². The second-order valence-electron chi connectivity index (χ2n) is 9.44. The van der Waals surface area contributed by atoms with Crippen LogP contribution in [0.2, 0.25) is 0 Å². The van der Waals surface area contributed by atoms with Crippen LogP contribution < -0.4 is 0 Å². The maximum Gasteiger partial charge on any atom is 0.303 e. The van der Waals surface area contributed by atoms with Gasteiger partial charge in [0.15, 0.2) is 0 Å². The SMILES string of the molecule is C.C.C.C1CCCC1.C1CCCC1.CCC1CCCC1.O=C(O)CCC(=O)C1CCCC1.[Fe].[Fe]. The predicted octanol–water partition coefficient (Wildman–Crippen LogP) is 10.0. The third kappa shape index (κ3) is 25.3. The second kappa shape index (κ2) is 31.2. The summed E-state index contributed by atoms with van der Waals surface area (Å²) < 4.78 is 0. The van der Waals surface area contributed by atoms with E-state index in [1.54, 1.807) is 0 Å². The van der Waals surface area contributed by atoms with Crippen LogP contribution in [0.25, 0.3) is 0 Å². The van der Waals surface area contributed by atoms with E-state index in [1.807, 2.05) is 0 Å². The van der Waals surface area contributed by atoms with Gasteiger partial charge in [-0.1, -0.05) is 138 Å². The molecular weight excluding hydrogens is 508 g/mol. The molecule has 0 aromatic heterocycles. The van der Waals surface area contributed by atoms with Crippen molar-refractivity contribution < 1.29 is 48.8 Å². The van der Waals surface area contributed by atoms with Crippen LogP contribution in [0.5, 0.6) is 0 Å². The Balaban J connectivity index is -0.000000111. The number of ketones is 1. The van der Waals surface area contributed by atoms with Crippen molar-refractivity contribution in [2.24, 2.45) is 11.8 Å². The van der Waals surface area contributed by atoms with Crippen molar-refractivity contribution in [1.82, 2.24) is 0 Å². The van der Waals surface area contributed by atoms with Gasteiger partial charge in [0.1, 0.15) is 5.78 Å². The molecular formula is C29H60Fe2O3. The van der Waals surface area contributed by atoms with Gasteiger partial charge in [-0.25, -0.2) is 0 Å². The maximum atomic E-state index is 11.3. The van der Waals surface area contributed by atoms with Gasteiger partial charge in [-0.15, -0.1) is 0 Å². The minimum Gasteiger partial charge on any atom is -0.481 e. The average Bonchev–Trinajstić information content (AvgIpc) is 3.57. The molecule has 0 amide bonds. The van der Waals surface area contributed by atoms with Gasteiger partial charge in [-0.05, 0) is 18.8 Å². The Bertz CT molecular complexity index is 384. The first kappa shape index (κ1) is 44.2. The first-order valence-corrected chi connectivity index (χ1v) is 12.9. The van der Waals surface area contributed by atoms with Gasteiger partial charge in [0.25, 0.3) is 0 Å². The Morgan fingerprint density at radius 2 is 0.912 bits per heavy atom. The topological polar surface area (TPSA) is 54.4 Å². The third-order valence-corrected chi connectivity index (χ3v) is 6.95. The molecule has 5 heteroatoms. The Kier molecular flexibility index (Phi) is 40.6. The number of carbonyl (C=O) groups is 2. The van der Waals surface area contributed by atoms with E-state index in [4.69, 9.17) is 5.11 Å². The van der Waals surface area contributed by atoms with Gasteiger partial charge in [0, 0.05) is 46.5 Å². The quantitative estimate of drug-likeness (QED) is 0.336. The molecule has 4 aliphatic rings. The number of carboxylic acid groups (broad SMARTS) is 1. The van der Waals surface area contributed by atoms with Crippen LogP contribution >= 0.6 is 0 Å². The summed E-state index contributed by atoms with van der Waals surface area (Å²) in [6, 6.07) is 0. The molecule has 0 bridgehead atoms. The van der Waals surface area contributed by atoms with Gasteiger partial charge >= 0.3 is 5.97 Å². The van der Waals surface area contributed by atoms with Crippen LogP contribution in [0.4, 0.5) is 0 Å². The Labute approximate surface area is 235 Å². The van der Waals surface area contributed by atoms with Crippen LogP contribution in [0.3, 0.4) is 0 Å². The van der Waals surface area contributed by atoms with E-state index in [0.29, 0.717) is 0 Å². The smallest absolute Gasteiger partial charge is 0.303 e. The fourth-order valence-electron chi connectivity index (χ4n) is 4.87. The number of hydrogen-bond acceptors (Lipinski definition) is 2. The summed E-state index contributed by atoms with van der Waals surface area (Å²) in [7, 11) is 0. The summed E-state index contributed by atoms with van der Waals surface area (Å²) in [5.41, 5.74) is 0. The average molecular weight is 568 g/mol. The van der Waals surface area contributed by atoms with E-state index >= 15 is 0 Å². The number of carboxylic acids is 1. The molecule has 0 aliphatic heterocycles. The largest absolute Gasteiger partial charge is 0.481 e. The molecule has 4 saturated carbocycles. The van der Waals surface area contributed by atoms with Gasteiger partial charge in [0.05, 0.1) is 6.42 Å². The Morgan fingerprint density at radius 1 is 0.588 bits per heavy atom. The van der Waals surface area contributed by atoms with Crippen LogP contribution in [-0.2, 0) is 43.7 Å². The molecule has 0 saturated heterocycles. The standard InChI is InChI=1S/C9H14O3.C7H14.2C5H10.3CH4.2Fe/c10-8(5-6-9(11)12)7-3-1-2-4-7;1-2-7-5-3-4-6-7;2*1-2-4-5-3-1;;;;;/h7H,1-6H2,(H,11,12);7H,2-6H2,1H3;2*1-5H2;3*1H4;;. The number of carbonyl (C=O) groups excluding carboxylic acids is 1. The van der Waals surface area contributed by atoms with Crippen molar-refractivity contribution in [1.29, 1.82) is 0 Å². The van der Waals surface area contributed by atoms with Crippen LogP contribution in [0.15, 0.2) is 0 Å². The summed E-state index contributed by atoms with van der Waals surface area (Å²) in [6.45, 7) is 2.30. The van der Waals surface area contributed by atoms with Crippen molar-refractivity contribution in [2.75, 3.05) is 0 Å². The number of aliphatic carboxylic acids is 1. The first-order valence-electron chi connectivity index (χ1n) is 12.9. The molecule has 0 heterocycles. The molecule has 0 atom stereocenters. The number of rotatable bonds is 5. The molecule has 34 heavy (non-hydrogen) atoms. The molecule has 0 unspecified atom stereocenters. The van der Waals surface area contributed by atoms with Gasteiger partial charge in [-0.3, -0.25) is 9.59 Å². The molecule has 210 valence electrons. The summed E-state index contributed by atoms with van der Waals surface area (Å²) >= 11 is 0. The Morgan fingerprint density at radius 3 is 1.18 bits per heavy atom. The Hall–Kier alpha value is 0.179. The van der Waals surface area contributed by atoms with Gasteiger partial charge < -0.3 is 5.11 Å². The number of hydrogen-bond donors (Lipinski definition) is 1. The normalized spacial score (nSPS) is 18.3. The van der Waals surface area contributed by atoms with Crippen molar-refractivity contribution in [2.45, 2.75) is 164 Å². The zero-order valence-corrected chi connectivity index (χ0v) is 22.2. The van der Waals surface area contributed by atoms with Gasteiger partial charge in [-0.2, -0.15) is 0 Å². The fourth-order valence-corrected chi connectivity index (χ4v) is 4.87. The summed E-state index contributed by atoms with van der Waals surface area (Å²) in [5.74, 6) is 0.542. The molecule has 4 aliphatic carbocycles. The van der Waals surface area contributed by atoms with E-state index in [0.717, 1.165) is 31.6 Å². The van der Waals surface area contributed by atoms with Crippen LogP contribution in [0, 0.1) is 11.8 Å². The molecule has 0 radical (unpaired) electrons. The van der Waals surface area contributed by atoms with Crippen molar-refractivity contribution >= 4 is 11.8 Å². The molecule has 4 rings (SSSR count).